The van der Waals surface area contributed by atoms with Crippen LogP contribution < -0.4 is 5.32 Å². The van der Waals surface area contributed by atoms with Gasteiger partial charge in [-0.05, 0) is 25.5 Å². The fourth-order valence-corrected chi connectivity index (χ4v) is 1.42. The average molecular weight is 233 g/mol. The minimum absolute atomic E-state index is 0.303. The summed E-state index contributed by atoms with van der Waals surface area (Å²) < 4.78 is 0. The number of halogens is 2. The van der Waals surface area contributed by atoms with Crippen molar-refractivity contribution in [3.8, 4) is 0 Å². The Kier molecular flexibility index (Phi) is 4.02. The van der Waals surface area contributed by atoms with E-state index in [1.54, 1.807) is 6.20 Å². The highest BCUT2D eigenvalue weighted by Gasteiger charge is 2.22. The smallest absolute Gasteiger partial charge is 0.129 e. The molecule has 0 amide bonds. The van der Waals surface area contributed by atoms with Gasteiger partial charge in [0.2, 0.25) is 0 Å². The van der Waals surface area contributed by atoms with Gasteiger partial charge in [-0.1, -0.05) is 6.07 Å². The van der Waals surface area contributed by atoms with Gasteiger partial charge in [0.25, 0.3) is 0 Å². The monoisotopic (exact) mass is 232 g/mol. The zero-order chi connectivity index (χ0) is 10.6. The van der Waals surface area contributed by atoms with E-state index < -0.39 is 0 Å². The quantitative estimate of drug-likeness (QED) is 0.808. The highest BCUT2D eigenvalue weighted by atomic mass is 35.5. The molecule has 0 aliphatic carbocycles. The van der Waals surface area contributed by atoms with Crippen molar-refractivity contribution in [2.24, 2.45) is 0 Å². The molecule has 1 heterocycles. The molecule has 1 aromatic rings. The van der Waals surface area contributed by atoms with Gasteiger partial charge in [0.05, 0.1) is 5.54 Å². The predicted octanol–water partition coefficient (Wildman–Crippen LogP) is 3.04. The molecule has 78 valence electrons. The second-order valence-electron chi connectivity index (χ2n) is 3.62. The highest BCUT2D eigenvalue weighted by molar-refractivity contribution is 6.22. The van der Waals surface area contributed by atoms with Crippen molar-refractivity contribution in [2.75, 3.05) is 17.1 Å². The molecule has 0 saturated carbocycles. The maximum Gasteiger partial charge on any atom is 0.129 e. The Labute approximate surface area is 94.6 Å². The predicted molar refractivity (Wildman–Crippen MR) is 62.4 cm³/mol. The molecule has 14 heavy (non-hydrogen) atoms. The number of hydrogen-bond acceptors (Lipinski definition) is 2. The molecule has 0 spiro atoms. The van der Waals surface area contributed by atoms with E-state index in [0.717, 1.165) is 11.4 Å². The maximum absolute atomic E-state index is 5.84. The van der Waals surface area contributed by atoms with Gasteiger partial charge in [0.1, 0.15) is 5.82 Å². The lowest BCUT2D eigenvalue weighted by Gasteiger charge is -2.27. The van der Waals surface area contributed by atoms with Crippen molar-refractivity contribution in [1.82, 2.24) is 4.98 Å². The number of aryl methyl sites for hydroxylation is 1. The Morgan fingerprint density at radius 3 is 2.57 bits per heavy atom. The summed E-state index contributed by atoms with van der Waals surface area (Å²) in [4.78, 5) is 4.23. The molecule has 1 aromatic heterocycles. The van der Waals surface area contributed by atoms with E-state index in [-0.39, 0.29) is 5.54 Å². The molecule has 0 bridgehead atoms. The third-order valence-electron chi connectivity index (χ3n) is 2.02. The number of aromatic nitrogens is 1. The lowest BCUT2D eigenvalue weighted by molar-refractivity contribution is 0.644. The Morgan fingerprint density at radius 2 is 2.07 bits per heavy atom. The summed E-state index contributed by atoms with van der Waals surface area (Å²) in [7, 11) is 0. The van der Waals surface area contributed by atoms with Gasteiger partial charge in [0, 0.05) is 18.0 Å². The normalized spacial score (nSPS) is 11.4. The summed E-state index contributed by atoms with van der Waals surface area (Å²) in [5, 5.41) is 3.25. The number of rotatable bonds is 4. The molecule has 1 N–H and O–H groups in total. The summed E-state index contributed by atoms with van der Waals surface area (Å²) in [6.07, 6.45) is 1.75. The van der Waals surface area contributed by atoms with E-state index >= 15 is 0 Å². The summed E-state index contributed by atoms with van der Waals surface area (Å²) in [6, 6.07) is 3.90. The van der Waals surface area contributed by atoms with Gasteiger partial charge in [-0.25, -0.2) is 4.98 Å². The third-order valence-corrected chi connectivity index (χ3v) is 3.20. The molecular formula is C10H14Cl2N2. The van der Waals surface area contributed by atoms with E-state index in [9.17, 15) is 0 Å². The molecular weight excluding hydrogens is 219 g/mol. The first-order valence-corrected chi connectivity index (χ1v) is 5.50. The Bertz CT molecular complexity index is 298. The van der Waals surface area contributed by atoms with Crippen LogP contribution in [0.5, 0.6) is 0 Å². The van der Waals surface area contributed by atoms with Crippen molar-refractivity contribution in [1.29, 1.82) is 0 Å². The van der Waals surface area contributed by atoms with Gasteiger partial charge in [-0.2, -0.15) is 0 Å². The van der Waals surface area contributed by atoms with Crippen LogP contribution in [0.4, 0.5) is 5.82 Å². The van der Waals surface area contributed by atoms with Crippen LogP contribution in [0.3, 0.4) is 0 Å². The zero-order valence-corrected chi connectivity index (χ0v) is 9.86. The van der Waals surface area contributed by atoms with Gasteiger partial charge in [0.15, 0.2) is 0 Å². The number of nitrogens with one attached hydrogen (secondary N) is 1. The average Bonchev–Trinajstić information content (AvgIpc) is 2.21. The lowest BCUT2D eigenvalue weighted by atomic mass is 10.1. The van der Waals surface area contributed by atoms with Crippen molar-refractivity contribution in [2.45, 2.75) is 19.4 Å². The van der Waals surface area contributed by atoms with Crippen molar-refractivity contribution >= 4 is 29.0 Å². The first kappa shape index (κ1) is 11.6. The zero-order valence-electron chi connectivity index (χ0n) is 8.35. The van der Waals surface area contributed by atoms with Crippen LogP contribution in [0.15, 0.2) is 18.3 Å². The molecule has 0 unspecified atom stereocenters. The molecule has 0 radical (unpaired) electrons. The molecule has 2 nitrogen and oxygen atoms in total. The second kappa shape index (κ2) is 4.85. The molecule has 0 aromatic carbocycles. The lowest BCUT2D eigenvalue weighted by Crippen LogP contribution is -2.39. The van der Waals surface area contributed by atoms with Crippen LogP contribution in [-0.4, -0.2) is 22.3 Å². The highest BCUT2D eigenvalue weighted by Crippen LogP contribution is 2.18. The number of anilines is 1. The molecule has 1 rings (SSSR count). The Hall–Kier alpha value is -0.470. The van der Waals surface area contributed by atoms with Crippen LogP contribution in [0.25, 0.3) is 0 Å². The van der Waals surface area contributed by atoms with Crippen molar-refractivity contribution < 1.29 is 0 Å². The summed E-state index contributed by atoms with van der Waals surface area (Å²) in [5.74, 6) is 1.75. The van der Waals surface area contributed by atoms with Crippen LogP contribution in [0, 0.1) is 6.92 Å². The van der Waals surface area contributed by atoms with Gasteiger partial charge in [-0.3, -0.25) is 0 Å². The molecule has 4 heteroatoms. The number of alkyl halides is 2. The molecule has 0 fully saturated rings. The maximum atomic E-state index is 5.84. The minimum Gasteiger partial charge on any atom is -0.362 e. The van der Waals surface area contributed by atoms with E-state index in [4.69, 9.17) is 23.2 Å². The SMILES string of the molecule is Cc1cccnc1NC(C)(CCl)CCl. The Balaban J connectivity index is 2.82. The van der Waals surface area contributed by atoms with E-state index in [2.05, 4.69) is 10.3 Å². The van der Waals surface area contributed by atoms with Crippen molar-refractivity contribution in [3.05, 3.63) is 23.9 Å². The van der Waals surface area contributed by atoms with Gasteiger partial charge >= 0.3 is 0 Å². The first-order chi connectivity index (χ1) is 6.61. The van der Waals surface area contributed by atoms with Crippen molar-refractivity contribution in [3.63, 3.8) is 0 Å². The fourth-order valence-electron chi connectivity index (χ4n) is 1.00. The van der Waals surface area contributed by atoms with Gasteiger partial charge in [-0.15, -0.1) is 23.2 Å². The number of pyridine rings is 1. The molecule has 0 aliphatic heterocycles. The van der Waals surface area contributed by atoms with E-state index in [1.807, 2.05) is 26.0 Å². The summed E-state index contributed by atoms with van der Waals surface area (Å²) in [6.45, 7) is 3.97. The van der Waals surface area contributed by atoms with Gasteiger partial charge < -0.3 is 5.32 Å². The van der Waals surface area contributed by atoms with Crippen LogP contribution in [0.1, 0.15) is 12.5 Å². The van der Waals surface area contributed by atoms with Crippen LogP contribution >= 0.6 is 23.2 Å². The van der Waals surface area contributed by atoms with E-state index in [1.165, 1.54) is 0 Å². The number of nitrogens with zero attached hydrogens (tertiary/aromatic N) is 1. The molecule has 0 saturated heterocycles. The topological polar surface area (TPSA) is 24.9 Å². The number of hydrogen-bond donors (Lipinski definition) is 1. The standard InChI is InChI=1S/C10H14Cl2N2/c1-8-4-3-5-13-9(8)14-10(2,6-11)7-12/h3-5H,6-7H2,1-2H3,(H,13,14). The summed E-state index contributed by atoms with van der Waals surface area (Å²) >= 11 is 11.7. The minimum atomic E-state index is -0.303. The first-order valence-electron chi connectivity index (χ1n) is 4.43. The third kappa shape index (κ3) is 2.76. The largest absolute Gasteiger partial charge is 0.362 e. The fraction of sp³-hybridized carbons (Fsp3) is 0.500. The summed E-state index contributed by atoms with van der Waals surface area (Å²) in [5.41, 5.74) is 0.788. The molecule has 0 atom stereocenters. The van der Waals surface area contributed by atoms with Crippen LogP contribution in [-0.2, 0) is 0 Å². The Morgan fingerprint density at radius 1 is 1.43 bits per heavy atom. The van der Waals surface area contributed by atoms with E-state index in [0.29, 0.717) is 11.8 Å². The van der Waals surface area contributed by atoms with Crippen LogP contribution in [0.2, 0.25) is 0 Å². The second-order valence-corrected chi connectivity index (χ2v) is 4.16. The molecule has 0 aliphatic rings.